The monoisotopic (exact) mass is 252 g/mol. The minimum atomic E-state index is 0.0136. The van der Waals surface area contributed by atoms with Gasteiger partial charge < -0.3 is 0 Å². The van der Waals surface area contributed by atoms with E-state index in [0.717, 1.165) is 19.3 Å². The molecular formula is C18H20O. The Labute approximate surface area is 116 Å². The number of rotatable bonds is 7. The van der Waals surface area contributed by atoms with Crippen LogP contribution in [0.4, 0.5) is 0 Å². The van der Waals surface area contributed by atoms with Gasteiger partial charge in [-0.15, -0.1) is 6.58 Å². The number of allylic oxidation sites excluding steroid dienone is 2. The predicted molar refractivity (Wildman–Crippen MR) is 81.5 cm³/mol. The summed E-state index contributed by atoms with van der Waals surface area (Å²) in [5.74, 6) is 5.60. The molecule has 0 heterocycles. The van der Waals surface area contributed by atoms with Crippen molar-refractivity contribution in [3.05, 3.63) is 54.6 Å². The van der Waals surface area contributed by atoms with E-state index >= 15 is 0 Å². The predicted octanol–water partition coefficient (Wildman–Crippen LogP) is 4.41. The summed E-state index contributed by atoms with van der Waals surface area (Å²) in [6, 6.07) is 10.2. The van der Waals surface area contributed by atoms with Gasteiger partial charge in [-0.25, -0.2) is 0 Å². The third kappa shape index (κ3) is 7.78. The Hall–Kier alpha value is -2.07. The summed E-state index contributed by atoms with van der Waals surface area (Å²) in [5, 5.41) is 0. The molecule has 0 fully saturated rings. The molecule has 0 aliphatic heterocycles. The summed E-state index contributed by atoms with van der Waals surface area (Å²) in [7, 11) is 0. The first kappa shape index (κ1) is 15.0. The van der Waals surface area contributed by atoms with Gasteiger partial charge in [0.25, 0.3) is 0 Å². The van der Waals surface area contributed by atoms with Crippen molar-refractivity contribution in [3.8, 4) is 11.8 Å². The Kier molecular flexibility index (Phi) is 7.82. The minimum Gasteiger partial charge on any atom is -0.285 e. The first-order valence-electron chi connectivity index (χ1n) is 6.67. The van der Waals surface area contributed by atoms with Crippen LogP contribution in [0.2, 0.25) is 0 Å². The fourth-order valence-electron chi connectivity index (χ4n) is 1.55. The summed E-state index contributed by atoms with van der Waals surface area (Å²) in [6.07, 6.45) is 9.97. The second-order valence-corrected chi connectivity index (χ2v) is 4.26. The van der Waals surface area contributed by atoms with Crippen LogP contribution in [0.1, 0.15) is 37.7 Å². The number of ketones is 1. The van der Waals surface area contributed by atoms with E-state index in [4.69, 9.17) is 0 Å². The zero-order valence-electron chi connectivity index (χ0n) is 11.3. The largest absolute Gasteiger partial charge is 0.285 e. The maximum atomic E-state index is 11.2. The van der Waals surface area contributed by atoms with E-state index in [9.17, 15) is 4.79 Å². The topological polar surface area (TPSA) is 17.1 Å². The van der Waals surface area contributed by atoms with Crippen LogP contribution in [-0.2, 0) is 4.79 Å². The third-order valence-corrected chi connectivity index (χ3v) is 2.59. The minimum absolute atomic E-state index is 0.0136. The number of benzene rings is 1. The zero-order valence-corrected chi connectivity index (χ0v) is 11.3. The van der Waals surface area contributed by atoms with Gasteiger partial charge in [-0.05, 0) is 30.7 Å². The Morgan fingerprint density at radius 3 is 2.74 bits per heavy atom. The molecule has 0 N–H and O–H groups in total. The lowest BCUT2D eigenvalue weighted by molar-refractivity contribution is -0.113. The average molecular weight is 252 g/mol. The molecule has 1 rings (SSSR count). The van der Waals surface area contributed by atoms with E-state index in [1.807, 2.05) is 18.2 Å². The van der Waals surface area contributed by atoms with Crippen molar-refractivity contribution in [2.45, 2.75) is 32.1 Å². The number of carbonyl (C=O) groups is 1. The summed E-state index contributed by atoms with van der Waals surface area (Å²) >= 11 is 0. The second-order valence-electron chi connectivity index (χ2n) is 4.26. The SMILES string of the molecule is C=CCCC(=O)C#CCCC/C=C/c1ccccc1. The Balaban J connectivity index is 2.14. The highest BCUT2D eigenvalue weighted by Crippen LogP contribution is 2.03. The van der Waals surface area contributed by atoms with Crippen molar-refractivity contribution in [1.82, 2.24) is 0 Å². The van der Waals surface area contributed by atoms with Gasteiger partial charge in [0.05, 0.1) is 0 Å². The standard InChI is InChI=1S/C18H20O/c1-2-3-15-18(19)16-11-6-4-5-8-12-17-13-9-7-10-14-17/h2,7-10,12-14H,1,3-6,15H2/b12-8+. The van der Waals surface area contributed by atoms with Crippen LogP contribution in [0.3, 0.4) is 0 Å². The van der Waals surface area contributed by atoms with E-state index in [1.54, 1.807) is 6.08 Å². The fraction of sp³-hybridized carbons (Fsp3) is 0.278. The number of unbranched alkanes of at least 4 members (excludes halogenated alkanes) is 2. The maximum Gasteiger partial charge on any atom is 0.205 e. The second kappa shape index (κ2) is 9.91. The van der Waals surface area contributed by atoms with Crippen LogP contribution in [0.15, 0.2) is 49.1 Å². The lowest BCUT2D eigenvalue weighted by Gasteiger charge is -1.91. The molecule has 0 aromatic heterocycles. The molecule has 0 aliphatic carbocycles. The van der Waals surface area contributed by atoms with E-state index in [-0.39, 0.29) is 5.78 Å². The van der Waals surface area contributed by atoms with Gasteiger partial charge in [0.1, 0.15) is 0 Å². The highest BCUT2D eigenvalue weighted by molar-refractivity contribution is 5.95. The first-order valence-corrected chi connectivity index (χ1v) is 6.67. The summed E-state index contributed by atoms with van der Waals surface area (Å²) in [5.41, 5.74) is 1.22. The summed E-state index contributed by atoms with van der Waals surface area (Å²) in [6.45, 7) is 3.58. The van der Waals surface area contributed by atoms with Gasteiger partial charge in [0.15, 0.2) is 0 Å². The third-order valence-electron chi connectivity index (χ3n) is 2.59. The number of carbonyl (C=O) groups excluding carboxylic acids is 1. The lowest BCUT2D eigenvalue weighted by atomic mass is 10.1. The number of hydrogen-bond donors (Lipinski definition) is 0. The zero-order chi connectivity index (χ0) is 13.8. The normalized spacial score (nSPS) is 9.89. The molecule has 0 saturated carbocycles. The van der Waals surface area contributed by atoms with Crippen molar-refractivity contribution in [2.75, 3.05) is 0 Å². The Bertz CT molecular complexity index is 471. The van der Waals surface area contributed by atoms with E-state index < -0.39 is 0 Å². The van der Waals surface area contributed by atoms with Crippen molar-refractivity contribution < 1.29 is 4.79 Å². The van der Waals surface area contributed by atoms with Crippen LogP contribution >= 0.6 is 0 Å². The first-order chi connectivity index (χ1) is 9.33. The molecule has 0 bridgehead atoms. The van der Waals surface area contributed by atoms with E-state index in [0.29, 0.717) is 12.8 Å². The van der Waals surface area contributed by atoms with E-state index in [1.165, 1.54) is 5.56 Å². The van der Waals surface area contributed by atoms with Crippen LogP contribution in [-0.4, -0.2) is 5.78 Å². The molecule has 0 aliphatic rings. The van der Waals surface area contributed by atoms with Gasteiger partial charge in [-0.3, -0.25) is 4.79 Å². The molecule has 98 valence electrons. The van der Waals surface area contributed by atoms with Crippen LogP contribution < -0.4 is 0 Å². The molecule has 0 unspecified atom stereocenters. The van der Waals surface area contributed by atoms with Crippen LogP contribution in [0.25, 0.3) is 6.08 Å². The van der Waals surface area contributed by atoms with Crippen LogP contribution in [0.5, 0.6) is 0 Å². The molecule has 0 atom stereocenters. The molecule has 0 saturated heterocycles. The van der Waals surface area contributed by atoms with Crippen LogP contribution in [0, 0.1) is 11.8 Å². The van der Waals surface area contributed by atoms with Crippen molar-refractivity contribution in [3.63, 3.8) is 0 Å². The lowest BCUT2D eigenvalue weighted by Crippen LogP contribution is -1.90. The Morgan fingerprint density at radius 2 is 2.00 bits per heavy atom. The molecule has 19 heavy (non-hydrogen) atoms. The number of hydrogen-bond acceptors (Lipinski definition) is 1. The highest BCUT2D eigenvalue weighted by atomic mass is 16.1. The van der Waals surface area contributed by atoms with Crippen molar-refractivity contribution >= 4 is 11.9 Å². The smallest absolute Gasteiger partial charge is 0.205 e. The fourth-order valence-corrected chi connectivity index (χ4v) is 1.55. The molecule has 0 spiro atoms. The average Bonchev–Trinajstić information content (AvgIpc) is 2.45. The van der Waals surface area contributed by atoms with Gasteiger partial charge in [0, 0.05) is 12.8 Å². The molecule has 0 amide bonds. The number of Topliss-reactive ketones (excluding diaryl/α,β-unsaturated/α-hetero) is 1. The van der Waals surface area contributed by atoms with Gasteiger partial charge in [0.2, 0.25) is 5.78 Å². The maximum absolute atomic E-state index is 11.2. The molecular weight excluding hydrogens is 232 g/mol. The molecule has 1 heteroatoms. The van der Waals surface area contributed by atoms with E-state index in [2.05, 4.69) is 42.7 Å². The summed E-state index contributed by atoms with van der Waals surface area (Å²) in [4.78, 5) is 11.2. The molecule has 1 nitrogen and oxygen atoms in total. The van der Waals surface area contributed by atoms with Crippen molar-refractivity contribution in [2.24, 2.45) is 0 Å². The molecule has 0 radical (unpaired) electrons. The molecule has 1 aromatic carbocycles. The van der Waals surface area contributed by atoms with Crippen molar-refractivity contribution in [1.29, 1.82) is 0 Å². The Morgan fingerprint density at radius 1 is 1.21 bits per heavy atom. The van der Waals surface area contributed by atoms with Gasteiger partial charge in [-0.2, -0.15) is 0 Å². The van der Waals surface area contributed by atoms with Gasteiger partial charge >= 0.3 is 0 Å². The molecule has 1 aromatic rings. The highest BCUT2D eigenvalue weighted by Gasteiger charge is 1.92. The summed E-state index contributed by atoms with van der Waals surface area (Å²) < 4.78 is 0. The quantitative estimate of drug-likeness (QED) is 0.304. The van der Waals surface area contributed by atoms with Gasteiger partial charge in [-0.1, -0.05) is 54.5 Å².